The number of ether oxygens (including phenoxy) is 1. The van der Waals surface area contributed by atoms with E-state index in [-0.39, 0.29) is 6.03 Å². The third kappa shape index (κ3) is 5.98. The number of nitrogens with one attached hydrogen (secondary N) is 2. The second-order valence-corrected chi connectivity index (χ2v) is 5.90. The van der Waals surface area contributed by atoms with Gasteiger partial charge in [-0.05, 0) is 24.6 Å². The number of anilines is 1. The Bertz CT molecular complexity index is 486. The zero-order chi connectivity index (χ0) is 17.2. The van der Waals surface area contributed by atoms with Crippen LogP contribution in [0.15, 0.2) is 18.3 Å². The summed E-state index contributed by atoms with van der Waals surface area (Å²) in [5.74, 6) is 1.01. The molecule has 2 amide bonds. The van der Waals surface area contributed by atoms with Crippen molar-refractivity contribution < 1.29 is 9.53 Å². The van der Waals surface area contributed by atoms with Crippen LogP contribution < -0.4 is 15.5 Å². The van der Waals surface area contributed by atoms with Crippen LogP contribution in [-0.2, 0) is 11.3 Å². The first-order chi connectivity index (χ1) is 11.7. The zero-order valence-corrected chi connectivity index (χ0v) is 14.8. The highest BCUT2D eigenvalue weighted by Crippen LogP contribution is 2.13. The average molecular weight is 335 g/mol. The first-order valence-electron chi connectivity index (χ1n) is 8.65. The second-order valence-electron chi connectivity index (χ2n) is 5.90. The maximum Gasteiger partial charge on any atom is 0.315 e. The van der Waals surface area contributed by atoms with Crippen molar-refractivity contribution in [2.75, 3.05) is 57.9 Å². The lowest BCUT2D eigenvalue weighted by atomic mass is 10.2. The van der Waals surface area contributed by atoms with Gasteiger partial charge in [0.2, 0.25) is 0 Å². The Labute approximate surface area is 144 Å². The Morgan fingerprint density at radius 1 is 1.25 bits per heavy atom. The van der Waals surface area contributed by atoms with E-state index in [0.29, 0.717) is 19.7 Å². The quantitative estimate of drug-likeness (QED) is 0.695. The average Bonchev–Trinajstić information content (AvgIpc) is 2.64. The monoisotopic (exact) mass is 335 g/mol. The van der Waals surface area contributed by atoms with Crippen molar-refractivity contribution in [3.05, 3.63) is 23.9 Å². The van der Waals surface area contributed by atoms with Gasteiger partial charge in [-0.25, -0.2) is 9.78 Å². The van der Waals surface area contributed by atoms with E-state index in [0.717, 1.165) is 50.5 Å². The third-order valence-electron chi connectivity index (χ3n) is 4.22. The number of urea groups is 1. The smallest absolute Gasteiger partial charge is 0.315 e. The van der Waals surface area contributed by atoms with E-state index in [1.54, 1.807) is 7.11 Å². The number of aromatic nitrogens is 1. The van der Waals surface area contributed by atoms with E-state index >= 15 is 0 Å². The number of methoxy groups -OCH3 is 1. The molecule has 2 heterocycles. The number of nitrogens with zero attached hydrogens (tertiary/aromatic N) is 3. The number of amides is 2. The first kappa shape index (κ1) is 18.5. The molecule has 24 heavy (non-hydrogen) atoms. The fraction of sp³-hybridized carbons (Fsp3) is 0.647. The molecule has 0 unspecified atom stereocenters. The number of likely N-dealkylation sites (N-methyl/N-ethyl adjacent to an activating group) is 1. The fourth-order valence-electron chi connectivity index (χ4n) is 2.66. The predicted octanol–water partition coefficient (Wildman–Crippen LogP) is 1.06. The second kappa shape index (κ2) is 10.1. The molecule has 1 aromatic rings. The lowest BCUT2D eigenvalue weighted by Gasteiger charge is -2.34. The molecule has 7 nitrogen and oxygen atoms in total. The topological polar surface area (TPSA) is 69.7 Å². The van der Waals surface area contributed by atoms with Gasteiger partial charge in [0.25, 0.3) is 0 Å². The molecule has 7 heteroatoms. The highest BCUT2D eigenvalue weighted by atomic mass is 16.5. The van der Waals surface area contributed by atoms with Gasteiger partial charge in [-0.3, -0.25) is 0 Å². The van der Waals surface area contributed by atoms with Gasteiger partial charge < -0.3 is 25.2 Å². The van der Waals surface area contributed by atoms with Crippen molar-refractivity contribution >= 4 is 11.8 Å². The minimum Gasteiger partial charge on any atom is -0.385 e. The Hall–Kier alpha value is -1.86. The molecular formula is C17H29N5O2. The maximum atomic E-state index is 11.7. The molecule has 1 aliphatic heterocycles. The molecular weight excluding hydrogens is 306 g/mol. The molecule has 0 saturated carbocycles. The van der Waals surface area contributed by atoms with Crippen molar-refractivity contribution in [3.63, 3.8) is 0 Å². The molecule has 1 fully saturated rings. The zero-order valence-electron chi connectivity index (χ0n) is 14.8. The Kier molecular flexibility index (Phi) is 7.77. The summed E-state index contributed by atoms with van der Waals surface area (Å²) in [6.07, 6.45) is 2.65. The van der Waals surface area contributed by atoms with E-state index in [1.807, 2.05) is 18.3 Å². The molecule has 0 radical (unpaired) electrons. The van der Waals surface area contributed by atoms with Gasteiger partial charge in [0, 0.05) is 59.2 Å². The SMILES string of the molecule is CCN1CCN(c2ccc(CNC(=O)NCCCOC)cn2)CC1. The normalized spacial score (nSPS) is 15.3. The van der Waals surface area contributed by atoms with Crippen molar-refractivity contribution in [1.29, 1.82) is 0 Å². The van der Waals surface area contributed by atoms with Crippen molar-refractivity contribution in [2.24, 2.45) is 0 Å². The molecule has 0 aromatic carbocycles. The van der Waals surface area contributed by atoms with Crippen LogP contribution in [0.2, 0.25) is 0 Å². The van der Waals surface area contributed by atoms with Crippen LogP contribution in [0, 0.1) is 0 Å². The van der Waals surface area contributed by atoms with Crippen molar-refractivity contribution in [2.45, 2.75) is 19.9 Å². The standard InChI is InChI=1S/C17H29N5O2/c1-3-21-8-10-22(11-9-21)16-6-5-15(13-19-16)14-20-17(23)18-7-4-12-24-2/h5-6,13H,3-4,7-12,14H2,1-2H3,(H2,18,20,23). The van der Waals surface area contributed by atoms with Gasteiger partial charge in [0.15, 0.2) is 0 Å². The number of piperazine rings is 1. The Morgan fingerprint density at radius 3 is 2.67 bits per heavy atom. The summed E-state index contributed by atoms with van der Waals surface area (Å²) in [5.41, 5.74) is 0.998. The van der Waals surface area contributed by atoms with Gasteiger partial charge in [-0.15, -0.1) is 0 Å². The molecule has 1 saturated heterocycles. The molecule has 2 rings (SSSR count). The number of carbonyl (C=O) groups is 1. The molecule has 0 bridgehead atoms. The van der Waals surface area contributed by atoms with Gasteiger partial charge in [0.05, 0.1) is 0 Å². The van der Waals surface area contributed by atoms with E-state index in [1.165, 1.54) is 0 Å². The summed E-state index contributed by atoms with van der Waals surface area (Å²) >= 11 is 0. The summed E-state index contributed by atoms with van der Waals surface area (Å²) in [5, 5.41) is 5.63. The van der Waals surface area contributed by atoms with Crippen LogP contribution in [0.5, 0.6) is 0 Å². The number of pyridine rings is 1. The van der Waals surface area contributed by atoms with Crippen LogP contribution >= 0.6 is 0 Å². The van der Waals surface area contributed by atoms with Crippen LogP contribution in [0.3, 0.4) is 0 Å². The van der Waals surface area contributed by atoms with Crippen LogP contribution in [0.1, 0.15) is 18.9 Å². The number of hydrogen-bond acceptors (Lipinski definition) is 5. The molecule has 2 N–H and O–H groups in total. The van der Waals surface area contributed by atoms with Crippen molar-refractivity contribution in [1.82, 2.24) is 20.5 Å². The lowest BCUT2D eigenvalue weighted by Crippen LogP contribution is -2.46. The summed E-state index contributed by atoms with van der Waals surface area (Å²) in [6.45, 7) is 9.26. The van der Waals surface area contributed by atoms with E-state index < -0.39 is 0 Å². The third-order valence-corrected chi connectivity index (χ3v) is 4.22. The highest BCUT2D eigenvalue weighted by molar-refractivity contribution is 5.73. The molecule has 134 valence electrons. The van der Waals surface area contributed by atoms with Crippen molar-refractivity contribution in [3.8, 4) is 0 Å². The molecule has 0 spiro atoms. The first-order valence-corrected chi connectivity index (χ1v) is 8.65. The maximum absolute atomic E-state index is 11.7. The molecule has 1 aliphatic rings. The number of rotatable bonds is 8. The van der Waals surface area contributed by atoms with E-state index in [9.17, 15) is 4.79 Å². The minimum absolute atomic E-state index is 0.161. The molecule has 1 aromatic heterocycles. The summed E-state index contributed by atoms with van der Waals surface area (Å²) in [6, 6.07) is 3.90. The van der Waals surface area contributed by atoms with E-state index in [4.69, 9.17) is 4.74 Å². The molecule has 0 aliphatic carbocycles. The largest absolute Gasteiger partial charge is 0.385 e. The van der Waals surface area contributed by atoms with Gasteiger partial charge in [-0.1, -0.05) is 13.0 Å². The summed E-state index contributed by atoms with van der Waals surface area (Å²) in [4.78, 5) is 20.9. The summed E-state index contributed by atoms with van der Waals surface area (Å²) < 4.78 is 4.94. The van der Waals surface area contributed by atoms with Crippen LogP contribution in [-0.4, -0.2) is 68.9 Å². The molecule has 0 atom stereocenters. The Morgan fingerprint density at radius 2 is 2.04 bits per heavy atom. The van der Waals surface area contributed by atoms with E-state index in [2.05, 4.69) is 32.3 Å². The predicted molar refractivity (Wildman–Crippen MR) is 95.3 cm³/mol. The fourth-order valence-corrected chi connectivity index (χ4v) is 2.66. The number of hydrogen-bond donors (Lipinski definition) is 2. The lowest BCUT2D eigenvalue weighted by molar-refractivity contribution is 0.193. The van der Waals surface area contributed by atoms with Gasteiger partial charge >= 0.3 is 6.03 Å². The van der Waals surface area contributed by atoms with Crippen LogP contribution in [0.4, 0.5) is 10.6 Å². The number of carbonyl (C=O) groups excluding carboxylic acids is 1. The van der Waals surface area contributed by atoms with Crippen LogP contribution in [0.25, 0.3) is 0 Å². The van der Waals surface area contributed by atoms with Gasteiger partial charge in [0.1, 0.15) is 5.82 Å². The minimum atomic E-state index is -0.161. The highest BCUT2D eigenvalue weighted by Gasteiger charge is 2.16. The summed E-state index contributed by atoms with van der Waals surface area (Å²) in [7, 11) is 1.65. The Balaban J connectivity index is 1.71. The van der Waals surface area contributed by atoms with Gasteiger partial charge in [-0.2, -0.15) is 0 Å².